The first-order valence-electron chi connectivity index (χ1n) is 5.71. The van der Waals surface area contributed by atoms with E-state index in [2.05, 4.69) is 28.8 Å². The lowest BCUT2D eigenvalue weighted by Crippen LogP contribution is -2.02. The van der Waals surface area contributed by atoms with Gasteiger partial charge in [0.2, 0.25) is 0 Å². The summed E-state index contributed by atoms with van der Waals surface area (Å²) in [5, 5.41) is 0. The van der Waals surface area contributed by atoms with Crippen LogP contribution in [0.25, 0.3) is 11.5 Å². The Bertz CT molecular complexity index is 617. The highest BCUT2D eigenvalue weighted by molar-refractivity contribution is 7.71. The summed E-state index contributed by atoms with van der Waals surface area (Å²) >= 11 is 5.30. The lowest BCUT2D eigenvalue weighted by molar-refractivity contribution is 0.621. The van der Waals surface area contributed by atoms with E-state index >= 15 is 0 Å². The van der Waals surface area contributed by atoms with Gasteiger partial charge in [-0.2, -0.15) is 0 Å². The Labute approximate surface area is 110 Å². The van der Waals surface area contributed by atoms with Crippen LogP contribution in [0.1, 0.15) is 31.0 Å². The third-order valence-electron chi connectivity index (χ3n) is 2.70. The number of H-pyrrole nitrogens is 1. The van der Waals surface area contributed by atoms with E-state index in [9.17, 15) is 4.39 Å². The van der Waals surface area contributed by atoms with Gasteiger partial charge in [-0.1, -0.05) is 26.1 Å². The molecule has 5 heteroatoms. The van der Waals surface area contributed by atoms with Crippen molar-refractivity contribution in [3.8, 4) is 11.5 Å². The molecule has 18 heavy (non-hydrogen) atoms. The van der Waals surface area contributed by atoms with Gasteiger partial charge < -0.3 is 4.98 Å². The summed E-state index contributed by atoms with van der Waals surface area (Å²) in [5.74, 6) is 0.520. The third kappa shape index (κ3) is 2.46. The number of halogens is 1. The molecule has 2 aromatic heterocycles. The SMILES string of the molecule is Cc1[nH]c(-c2ccc(F)cn2)nc(=S)c1C(C)C. The maximum absolute atomic E-state index is 12.8. The highest BCUT2D eigenvalue weighted by Crippen LogP contribution is 2.21. The van der Waals surface area contributed by atoms with Crippen LogP contribution in [0.2, 0.25) is 0 Å². The second-order valence-corrected chi connectivity index (χ2v) is 4.83. The third-order valence-corrected chi connectivity index (χ3v) is 3.01. The fourth-order valence-corrected chi connectivity index (χ4v) is 2.39. The second kappa shape index (κ2) is 4.94. The monoisotopic (exact) mass is 263 g/mol. The quantitative estimate of drug-likeness (QED) is 0.838. The van der Waals surface area contributed by atoms with Crippen molar-refractivity contribution in [3.63, 3.8) is 0 Å². The van der Waals surface area contributed by atoms with Gasteiger partial charge in [-0.25, -0.2) is 14.4 Å². The van der Waals surface area contributed by atoms with Crippen molar-refractivity contribution in [3.05, 3.63) is 40.0 Å². The Morgan fingerprint density at radius 1 is 1.33 bits per heavy atom. The molecule has 3 nitrogen and oxygen atoms in total. The van der Waals surface area contributed by atoms with E-state index in [1.54, 1.807) is 6.07 Å². The lowest BCUT2D eigenvalue weighted by Gasteiger charge is -2.11. The molecule has 1 N–H and O–H groups in total. The Kier molecular flexibility index (Phi) is 3.52. The number of aryl methyl sites for hydroxylation is 1. The van der Waals surface area contributed by atoms with Crippen LogP contribution in [0, 0.1) is 17.4 Å². The highest BCUT2D eigenvalue weighted by Gasteiger charge is 2.10. The maximum Gasteiger partial charge on any atom is 0.157 e. The second-order valence-electron chi connectivity index (χ2n) is 4.45. The molecule has 0 saturated carbocycles. The van der Waals surface area contributed by atoms with Crippen LogP contribution >= 0.6 is 12.2 Å². The van der Waals surface area contributed by atoms with Crippen molar-refractivity contribution in [2.75, 3.05) is 0 Å². The summed E-state index contributed by atoms with van der Waals surface area (Å²) in [6.07, 6.45) is 1.17. The minimum atomic E-state index is -0.368. The van der Waals surface area contributed by atoms with Gasteiger partial charge in [0.15, 0.2) is 5.82 Å². The van der Waals surface area contributed by atoms with E-state index in [-0.39, 0.29) is 5.82 Å². The van der Waals surface area contributed by atoms with Crippen LogP contribution in [0.4, 0.5) is 4.39 Å². The summed E-state index contributed by atoms with van der Waals surface area (Å²) < 4.78 is 13.4. The average Bonchev–Trinajstić information content (AvgIpc) is 2.28. The van der Waals surface area contributed by atoms with Gasteiger partial charge in [-0.15, -0.1) is 0 Å². The fraction of sp³-hybridized carbons (Fsp3) is 0.308. The normalized spacial score (nSPS) is 10.9. The predicted molar refractivity (Wildman–Crippen MR) is 71.4 cm³/mol. The van der Waals surface area contributed by atoms with Gasteiger partial charge in [0.25, 0.3) is 0 Å². The van der Waals surface area contributed by atoms with Crippen molar-refractivity contribution < 1.29 is 4.39 Å². The molecular weight excluding hydrogens is 249 g/mol. The van der Waals surface area contributed by atoms with Crippen molar-refractivity contribution in [2.24, 2.45) is 0 Å². The van der Waals surface area contributed by atoms with E-state index in [1.165, 1.54) is 12.3 Å². The molecule has 0 aromatic carbocycles. The smallest absolute Gasteiger partial charge is 0.157 e. The van der Waals surface area contributed by atoms with E-state index < -0.39 is 0 Å². The molecule has 0 saturated heterocycles. The summed E-state index contributed by atoms with van der Waals surface area (Å²) in [5.41, 5.74) is 2.60. The predicted octanol–water partition coefficient (Wildman–Crippen LogP) is 3.77. The van der Waals surface area contributed by atoms with Crippen LogP contribution in [0.5, 0.6) is 0 Å². The molecule has 0 amide bonds. The number of pyridine rings is 1. The maximum atomic E-state index is 12.8. The zero-order chi connectivity index (χ0) is 13.3. The molecule has 0 fully saturated rings. The Hall–Kier alpha value is -1.62. The van der Waals surface area contributed by atoms with Crippen LogP contribution in [-0.2, 0) is 0 Å². The molecule has 0 radical (unpaired) electrons. The van der Waals surface area contributed by atoms with Crippen molar-refractivity contribution in [1.82, 2.24) is 15.0 Å². The number of nitrogens with one attached hydrogen (secondary N) is 1. The van der Waals surface area contributed by atoms with E-state index in [1.807, 2.05) is 6.92 Å². The largest absolute Gasteiger partial charge is 0.342 e. The molecule has 0 spiro atoms. The van der Waals surface area contributed by atoms with Gasteiger partial charge in [0.1, 0.15) is 16.2 Å². The fourth-order valence-electron chi connectivity index (χ4n) is 1.91. The number of nitrogens with zero attached hydrogens (tertiary/aromatic N) is 2. The molecule has 0 aliphatic carbocycles. The van der Waals surface area contributed by atoms with Gasteiger partial charge in [0.05, 0.1) is 6.20 Å². The lowest BCUT2D eigenvalue weighted by atomic mass is 10.0. The van der Waals surface area contributed by atoms with E-state index in [0.717, 1.165) is 11.3 Å². The average molecular weight is 263 g/mol. The number of aromatic nitrogens is 3. The number of hydrogen-bond donors (Lipinski definition) is 1. The van der Waals surface area contributed by atoms with E-state index in [4.69, 9.17) is 12.2 Å². The molecular formula is C13H14FN3S. The zero-order valence-electron chi connectivity index (χ0n) is 10.5. The Morgan fingerprint density at radius 3 is 2.56 bits per heavy atom. The molecule has 0 bridgehead atoms. The summed E-state index contributed by atoms with van der Waals surface area (Å²) in [7, 11) is 0. The minimum Gasteiger partial charge on any atom is -0.342 e. The van der Waals surface area contributed by atoms with Crippen molar-refractivity contribution in [1.29, 1.82) is 0 Å². The van der Waals surface area contributed by atoms with Crippen molar-refractivity contribution >= 4 is 12.2 Å². The Balaban J connectivity index is 2.55. The highest BCUT2D eigenvalue weighted by atomic mass is 32.1. The first-order valence-corrected chi connectivity index (χ1v) is 6.12. The standard InChI is InChI=1S/C13H14FN3S/c1-7(2)11-8(3)16-12(17-13(11)18)10-5-4-9(14)6-15-10/h4-7H,1-3H3,(H,16,17,18). The molecule has 2 aromatic rings. The van der Waals surface area contributed by atoms with Gasteiger partial charge >= 0.3 is 0 Å². The molecule has 0 aliphatic rings. The first kappa shape index (κ1) is 12.8. The summed E-state index contributed by atoms with van der Waals surface area (Å²) in [6.45, 7) is 6.10. The summed E-state index contributed by atoms with van der Waals surface area (Å²) in [6, 6.07) is 2.93. The molecule has 94 valence electrons. The molecule has 2 heterocycles. The molecule has 0 aliphatic heterocycles. The number of rotatable bonds is 2. The van der Waals surface area contributed by atoms with Crippen LogP contribution < -0.4 is 0 Å². The molecule has 0 atom stereocenters. The Morgan fingerprint density at radius 2 is 2.06 bits per heavy atom. The first-order chi connectivity index (χ1) is 8.49. The van der Waals surface area contributed by atoms with Gasteiger partial charge in [0, 0.05) is 11.3 Å². The summed E-state index contributed by atoms with van der Waals surface area (Å²) in [4.78, 5) is 11.5. The van der Waals surface area contributed by atoms with Crippen LogP contribution in [-0.4, -0.2) is 15.0 Å². The van der Waals surface area contributed by atoms with Gasteiger partial charge in [-0.3, -0.25) is 0 Å². The minimum absolute atomic E-state index is 0.316. The molecule has 0 unspecified atom stereocenters. The van der Waals surface area contributed by atoms with Crippen molar-refractivity contribution in [2.45, 2.75) is 26.7 Å². The molecule has 2 rings (SSSR count). The number of hydrogen-bond acceptors (Lipinski definition) is 3. The van der Waals surface area contributed by atoms with Crippen LogP contribution in [0.3, 0.4) is 0 Å². The topological polar surface area (TPSA) is 41.6 Å². The van der Waals surface area contributed by atoms with Gasteiger partial charge in [-0.05, 0) is 25.0 Å². The number of aromatic amines is 1. The van der Waals surface area contributed by atoms with E-state index in [0.29, 0.717) is 22.1 Å². The van der Waals surface area contributed by atoms with Crippen LogP contribution in [0.15, 0.2) is 18.3 Å². The zero-order valence-corrected chi connectivity index (χ0v) is 11.3.